The highest BCUT2D eigenvalue weighted by atomic mass is 127. The summed E-state index contributed by atoms with van der Waals surface area (Å²) in [4.78, 5) is 0. The van der Waals surface area contributed by atoms with E-state index in [-0.39, 0.29) is 0 Å². The molecule has 0 aliphatic heterocycles. The fourth-order valence-corrected chi connectivity index (χ4v) is 1.51. The van der Waals surface area contributed by atoms with Crippen LogP contribution in [0.4, 0.5) is 0 Å². The minimum atomic E-state index is -0.787. The second-order valence-corrected chi connectivity index (χ2v) is 4.76. The molecule has 0 saturated heterocycles. The van der Waals surface area contributed by atoms with E-state index in [0.717, 1.165) is 14.2 Å². The first kappa shape index (κ1) is 10.3. The molecule has 0 aromatic heterocycles. The third kappa shape index (κ3) is 2.34. The van der Waals surface area contributed by atoms with Gasteiger partial charge in [-0.2, -0.15) is 0 Å². The van der Waals surface area contributed by atoms with Crippen molar-refractivity contribution in [2.45, 2.75) is 19.4 Å². The van der Waals surface area contributed by atoms with Crippen molar-refractivity contribution in [1.29, 1.82) is 0 Å². The number of rotatable bonds is 1. The highest BCUT2D eigenvalue weighted by Gasteiger charge is 2.16. The van der Waals surface area contributed by atoms with Gasteiger partial charge in [-0.3, -0.25) is 0 Å². The van der Waals surface area contributed by atoms with Gasteiger partial charge in [-0.25, -0.2) is 0 Å². The Morgan fingerprint density at radius 1 is 1.42 bits per heavy atom. The van der Waals surface area contributed by atoms with Crippen LogP contribution in [-0.2, 0) is 5.60 Å². The summed E-state index contributed by atoms with van der Waals surface area (Å²) in [5.41, 5.74) is 0.0983. The lowest BCUT2D eigenvalue weighted by Crippen LogP contribution is -2.15. The largest absolute Gasteiger partial charge is 0.386 e. The highest BCUT2D eigenvalue weighted by molar-refractivity contribution is 14.1. The van der Waals surface area contributed by atoms with Crippen LogP contribution < -0.4 is 0 Å². The third-order valence-electron chi connectivity index (χ3n) is 1.63. The third-order valence-corrected chi connectivity index (χ3v) is 3.17. The Morgan fingerprint density at radius 3 is 2.42 bits per heavy atom. The minimum Gasteiger partial charge on any atom is -0.386 e. The quantitative estimate of drug-likeness (QED) is 0.789. The van der Waals surface area contributed by atoms with E-state index in [1.807, 2.05) is 12.1 Å². The van der Waals surface area contributed by atoms with E-state index < -0.39 is 5.60 Å². The van der Waals surface area contributed by atoms with Crippen molar-refractivity contribution < 1.29 is 5.11 Å². The van der Waals surface area contributed by atoms with Crippen molar-refractivity contribution in [3.8, 4) is 0 Å². The summed E-state index contributed by atoms with van der Waals surface area (Å²) in [5.74, 6) is 0. The molecule has 0 spiro atoms. The molecular formula is C9H10ClIO. The molecule has 1 aromatic carbocycles. The molecule has 1 nitrogen and oxygen atoms in total. The topological polar surface area (TPSA) is 20.2 Å². The molecule has 1 aromatic rings. The van der Waals surface area contributed by atoms with Crippen molar-refractivity contribution in [3.63, 3.8) is 0 Å². The number of aliphatic hydroxyl groups is 1. The Morgan fingerprint density at radius 2 is 2.00 bits per heavy atom. The predicted molar refractivity (Wildman–Crippen MR) is 59.4 cm³/mol. The summed E-state index contributed by atoms with van der Waals surface area (Å²) in [5, 5.41) is 10.4. The lowest BCUT2D eigenvalue weighted by molar-refractivity contribution is 0.0785. The summed E-state index contributed by atoms with van der Waals surface area (Å²) in [7, 11) is 0. The van der Waals surface area contributed by atoms with Crippen molar-refractivity contribution in [2.75, 3.05) is 0 Å². The van der Waals surface area contributed by atoms with E-state index in [9.17, 15) is 5.11 Å². The van der Waals surface area contributed by atoms with Gasteiger partial charge in [0.2, 0.25) is 0 Å². The zero-order chi connectivity index (χ0) is 9.35. The van der Waals surface area contributed by atoms with Crippen LogP contribution in [0, 0.1) is 3.57 Å². The van der Waals surface area contributed by atoms with E-state index in [1.54, 1.807) is 19.9 Å². The maximum atomic E-state index is 9.66. The second kappa shape index (κ2) is 3.52. The zero-order valence-corrected chi connectivity index (χ0v) is 9.85. The van der Waals surface area contributed by atoms with Gasteiger partial charge in [-0.15, -0.1) is 0 Å². The van der Waals surface area contributed by atoms with E-state index in [0.29, 0.717) is 0 Å². The van der Waals surface area contributed by atoms with Gasteiger partial charge >= 0.3 is 0 Å². The zero-order valence-electron chi connectivity index (χ0n) is 6.94. The maximum absolute atomic E-state index is 9.66. The Hall–Kier alpha value is 0.200. The smallest absolute Gasteiger partial charge is 0.0840 e. The molecule has 0 aliphatic carbocycles. The molecule has 0 saturated carbocycles. The second-order valence-electron chi connectivity index (χ2n) is 3.19. The van der Waals surface area contributed by atoms with Crippen LogP contribution >= 0.6 is 34.2 Å². The molecule has 0 heterocycles. The monoisotopic (exact) mass is 296 g/mol. The van der Waals surface area contributed by atoms with E-state index in [4.69, 9.17) is 11.6 Å². The molecule has 0 unspecified atom stereocenters. The average Bonchev–Trinajstić information content (AvgIpc) is 1.92. The Balaban J connectivity index is 3.14. The molecular weight excluding hydrogens is 286 g/mol. The number of benzene rings is 1. The van der Waals surface area contributed by atoms with Crippen molar-refractivity contribution >= 4 is 34.2 Å². The Bertz CT molecular complexity index is 291. The first-order chi connectivity index (χ1) is 5.41. The lowest BCUT2D eigenvalue weighted by atomic mass is 9.99. The van der Waals surface area contributed by atoms with Gasteiger partial charge in [-0.1, -0.05) is 17.7 Å². The summed E-state index contributed by atoms with van der Waals surface area (Å²) in [6.45, 7) is 3.51. The fraction of sp³-hybridized carbons (Fsp3) is 0.333. The Labute approximate surface area is 90.9 Å². The molecule has 0 aliphatic rings. The van der Waals surface area contributed by atoms with Gasteiger partial charge in [0.15, 0.2) is 0 Å². The molecule has 1 rings (SSSR count). The number of halogens is 2. The van der Waals surface area contributed by atoms with Gasteiger partial charge in [-0.05, 0) is 54.1 Å². The van der Waals surface area contributed by atoms with Crippen LogP contribution in [0.5, 0.6) is 0 Å². The molecule has 0 bridgehead atoms. The van der Waals surface area contributed by atoms with Crippen molar-refractivity contribution in [1.82, 2.24) is 0 Å². The van der Waals surface area contributed by atoms with Crippen molar-refractivity contribution in [2.24, 2.45) is 0 Å². The van der Waals surface area contributed by atoms with Crippen molar-refractivity contribution in [3.05, 3.63) is 32.4 Å². The molecule has 0 fully saturated rings. The molecule has 12 heavy (non-hydrogen) atoms. The number of hydrogen-bond acceptors (Lipinski definition) is 1. The maximum Gasteiger partial charge on any atom is 0.0840 e. The molecule has 0 atom stereocenters. The van der Waals surface area contributed by atoms with Gasteiger partial charge in [0.1, 0.15) is 0 Å². The lowest BCUT2D eigenvalue weighted by Gasteiger charge is -2.17. The SMILES string of the molecule is CC(C)(O)c1ccc(Cl)c(I)c1. The summed E-state index contributed by atoms with van der Waals surface area (Å²) in [6, 6.07) is 5.53. The highest BCUT2D eigenvalue weighted by Crippen LogP contribution is 2.25. The van der Waals surface area contributed by atoms with Gasteiger partial charge in [0, 0.05) is 3.57 Å². The standard InChI is InChI=1S/C9H10ClIO/c1-9(2,12)6-3-4-7(10)8(11)5-6/h3-5,12H,1-2H3. The van der Waals surface area contributed by atoms with Crippen LogP contribution in [0.2, 0.25) is 5.02 Å². The molecule has 66 valence electrons. The first-order valence-corrected chi connectivity index (χ1v) is 5.05. The molecule has 3 heteroatoms. The molecule has 0 radical (unpaired) electrons. The molecule has 0 amide bonds. The number of hydrogen-bond donors (Lipinski definition) is 1. The van der Waals surface area contributed by atoms with Crippen LogP contribution in [-0.4, -0.2) is 5.11 Å². The first-order valence-electron chi connectivity index (χ1n) is 3.59. The average molecular weight is 297 g/mol. The molecule has 1 N–H and O–H groups in total. The summed E-state index contributed by atoms with van der Waals surface area (Å²) >= 11 is 7.99. The van der Waals surface area contributed by atoms with E-state index in [2.05, 4.69) is 22.6 Å². The summed E-state index contributed by atoms with van der Waals surface area (Å²) < 4.78 is 0.967. The van der Waals surface area contributed by atoms with Gasteiger partial charge in [0.25, 0.3) is 0 Å². The van der Waals surface area contributed by atoms with E-state index >= 15 is 0 Å². The summed E-state index contributed by atoms with van der Waals surface area (Å²) in [6.07, 6.45) is 0. The van der Waals surface area contributed by atoms with Gasteiger partial charge in [0.05, 0.1) is 10.6 Å². The van der Waals surface area contributed by atoms with Gasteiger partial charge < -0.3 is 5.11 Å². The minimum absolute atomic E-state index is 0.726. The fourth-order valence-electron chi connectivity index (χ4n) is 0.877. The van der Waals surface area contributed by atoms with E-state index in [1.165, 1.54) is 0 Å². The van der Waals surface area contributed by atoms with Crippen LogP contribution in [0.1, 0.15) is 19.4 Å². The Kier molecular flexibility index (Phi) is 3.01. The predicted octanol–water partition coefficient (Wildman–Crippen LogP) is 3.17. The van der Waals surface area contributed by atoms with Crippen LogP contribution in [0.25, 0.3) is 0 Å². The van der Waals surface area contributed by atoms with Crippen LogP contribution in [0.3, 0.4) is 0 Å². The normalized spacial score (nSPS) is 11.8. The van der Waals surface area contributed by atoms with Crippen LogP contribution in [0.15, 0.2) is 18.2 Å².